The van der Waals surface area contributed by atoms with E-state index in [-0.39, 0.29) is 28.2 Å². The lowest BCUT2D eigenvalue weighted by Gasteiger charge is -2.29. The van der Waals surface area contributed by atoms with Gasteiger partial charge in [0.05, 0.1) is 12.3 Å². The molecule has 9 heteroatoms. The van der Waals surface area contributed by atoms with E-state index in [1.165, 1.54) is 36.4 Å². The van der Waals surface area contributed by atoms with Gasteiger partial charge in [0.15, 0.2) is 0 Å². The number of hydrogen-bond acceptors (Lipinski definition) is 4. The molecule has 3 rings (SSSR count). The fourth-order valence-corrected chi connectivity index (χ4v) is 4.16. The second kappa shape index (κ2) is 11.9. The number of alkyl carbamates (subject to hydrolysis) is 1. The molecule has 0 aromatic heterocycles. The van der Waals surface area contributed by atoms with Crippen molar-refractivity contribution in [2.75, 3.05) is 6.61 Å². The van der Waals surface area contributed by atoms with Crippen molar-refractivity contribution < 1.29 is 23.1 Å². The lowest BCUT2D eigenvalue weighted by molar-refractivity contribution is 0.0975. The Hall–Kier alpha value is -3.00. The number of hydrogen-bond donors (Lipinski definition) is 2. The molecule has 0 unspecified atom stereocenters. The van der Waals surface area contributed by atoms with Crippen LogP contribution >= 0.6 is 11.6 Å². The summed E-state index contributed by atoms with van der Waals surface area (Å²) in [7, 11) is 0. The number of halogens is 3. The Bertz CT molecular complexity index is 1050. The van der Waals surface area contributed by atoms with E-state index in [0.717, 1.165) is 25.7 Å². The summed E-state index contributed by atoms with van der Waals surface area (Å²) in [6, 6.07) is 8.18. The number of ether oxygens (including phenoxy) is 1. The van der Waals surface area contributed by atoms with Crippen LogP contribution in [-0.2, 0) is 4.74 Å². The number of rotatable bonds is 6. The molecule has 1 fully saturated rings. The fraction of sp³-hybridized carbons (Fsp3) is 0.400. The van der Waals surface area contributed by atoms with Gasteiger partial charge in [-0.2, -0.15) is 0 Å². The van der Waals surface area contributed by atoms with Crippen molar-refractivity contribution >= 4 is 35.1 Å². The summed E-state index contributed by atoms with van der Waals surface area (Å²) in [5, 5.41) is 5.81. The molecular weight excluding hydrogens is 464 g/mol. The zero-order chi connectivity index (χ0) is 24.7. The average molecular weight is 492 g/mol. The minimum atomic E-state index is -0.539. The summed E-state index contributed by atoms with van der Waals surface area (Å²) in [4.78, 5) is 28.9. The van der Waals surface area contributed by atoms with Gasteiger partial charge in [-0.25, -0.2) is 18.6 Å². The van der Waals surface area contributed by atoms with E-state index >= 15 is 0 Å². The average Bonchev–Trinajstić information content (AvgIpc) is 2.76. The van der Waals surface area contributed by atoms with Crippen LogP contribution in [0.4, 0.5) is 19.3 Å². The highest BCUT2D eigenvalue weighted by molar-refractivity contribution is 6.30. The molecule has 0 atom stereocenters. The molecule has 1 aliphatic rings. The fourth-order valence-electron chi connectivity index (χ4n) is 3.95. The minimum Gasteiger partial charge on any atom is -0.450 e. The molecule has 1 saturated carbocycles. The number of nitrogens with zero attached hydrogens (tertiary/aromatic N) is 1. The molecule has 34 heavy (non-hydrogen) atoms. The highest BCUT2D eigenvalue weighted by Crippen LogP contribution is 2.28. The van der Waals surface area contributed by atoms with Gasteiger partial charge in [-0.1, -0.05) is 17.7 Å². The second-order valence-corrected chi connectivity index (χ2v) is 8.83. The van der Waals surface area contributed by atoms with Gasteiger partial charge in [0, 0.05) is 23.0 Å². The van der Waals surface area contributed by atoms with Crippen molar-refractivity contribution in [2.24, 2.45) is 10.9 Å². The lowest BCUT2D eigenvalue weighted by atomic mass is 9.84. The van der Waals surface area contributed by atoms with E-state index in [9.17, 15) is 18.4 Å². The van der Waals surface area contributed by atoms with Crippen molar-refractivity contribution in [1.29, 1.82) is 0 Å². The summed E-state index contributed by atoms with van der Waals surface area (Å²) >= 11 is 5.96. The topological polar surface area (TPSA) is 79.8 Å². The second-order valence-electron chi connectivity index (χ2n) is 8.39. The van der Waals surface area contributed by atoms with Crippen LogP contribution in [-0.4, -0.2) is 30.5 Å². The van der Waals surface area contributed by atoms with Crippen molar-refractivity contribution in [3.63, 3.8) is 0 Å². The Kier molecular flexibility index (Phi) is 8.98. The van der Waals surface area contributed by atoms with Crippen LogP contribution in [0, 0.1) is 24.5 Å². The smallest absolute Gasteiger partial charge is 0.407 e. The first kappa shape index (κ1) is 25.6. The van der Waals surface area contributed by atoms with Gasteiger partial charge in [0.25, 0.3) is 5.91 Å². The standard InChI is InChI=1S/C25H28ClF2N3O3/c1-3-34-25(33)30-20-8-5-16(6-9-20)10-23(29-21-13-18(26)12-19(27)14-21)31-24(32)17-7-4-15(2)22(28)11-17/h4,7,11-14,16,20H,3,5-6,8-10H2,1-2H3,(H,30,33)(H,29,31,32). The Morgan fingerprint density at radius 1 is 1.12 bits per heavy atom. The van der Waals surface area contributed by atoms with Gasteiger partial charge in [0.2, 0.25) is 0 Å². The molecule has 0 bridgehead atoms. The Balaban J connectivity index is 1.73. The van der Waals surface area contributed by atoms with Crippen molar-refractivity contribution in [1.82, 2.24) is 10.6 Å². The van der Waals surface area contributed by atoms with Crippen molar-refractivity contribution in [2.45, 2.75) is 52.0 Å². The zero-order valence-electron chi connectivity index (χ0n) is 19.2. The SMILES string of the molecule is CCOC(=O)NC1CCC(CC(=Nc2cc(F)cc(Cl)c2)NC(=O)c2ccc(C)c(F)c2)CC1. The number of aryl methyl sites for hydroxylation is 1. The summed E-state index contributed by atoms with van der Waals surface area (Å²) < 4.78 is 32.7. The monoisotopic (exact) mass is 491 g/mol. The maximum Gasteiger partial charge on any atom is 0.407 e. The highest BCUT2D eigenvalue weighted by atomic mass is 35.5. The first-order valence-corrected chi connectivity index (χ1v) is 11.7. The molecule has 2 aromatic carbocycles. The van der Waals surface area contributed by atoms with E-state index < -0.39 is 23.6 Å². The molecule has 2 aromatic rings. The molecule has 0 heterocycles. The Labute approximate surface area is 202 Å². The summed E-state index contributed by atoms with van der Waals surface area (Å²) in [6.45, 7) is 3.68. The third kappa shape index (κ3) is 7.52. The molecule has 1 aliphatic carbocycles. The maximum atomic E-state index is 14.0. The van der Waals surface area contributed by atoms with Gasteiger partial charge in [0.1, 0.15) is 17.5 Å². The number of nitrogens with one attached hydrogen (secondary N) is 2. The number of amidine groups is 1. The van der Waals surface area contributed by atoms with Crippen LogP contribution in [0.5, 0.6) is 0 Å². The van der Waals surface area contributed by atoms with Crippen LogP contribution in [0.25, 0.3) is 0 Å². The van der Waals surface area contributed by atoms with Crippen molar-refractivity contribution in [3.05, 3.63) is 64.2 Å². The number of carbonyl (C=O) groups excluding carboxylic acids is 2. The van der Waals surface area contributed by atoms with Gasteiger partial charge in [-0.3, -0.25) is 4.79 Å². The Morgan fingerprint density at radius 2 is 1.85 bits per heavy atom. The van der Waals surface area contributed by atoms with Crippen LogP contribution in [0.2, 0.25) is 5.02 Å². The van der Waals surface area contributed by atoms with E-state index in [2.05, 4.69) is 15.6 Å². The van der Waals surface area contributed by atoms with Crippen LogP contribution in [0.1, 0.15) is 54.9 Å². The highest BCUT2D eigenvalue weighted by Gasteiger charge is 2.25. The van der Waals surface area contributed by atoms with Gasteiger partial charge >= 0.3 is 6.09 Å². The van der Waals surface area contributed by atoms with Crippen LogP contribution in [0.3, 0.4) is 0 Å². The van der Waals surface area contributed by atoms with Gasteiger partial charge in [-0.15, -0.1) is 0 Å². The number of benzene rings is 2. The molecule has 6 nitrogen and oxygen atoms in total. The maximum absolute atomic E-state index is 14.0. The van der Waals surface area contributed by atoms with Gasteiger partial charge in [-0.05, 0) is 81.3 Å². The number of carbonyl (C=O) groups is 2. The molecule has 2 amide bonds. The normalized spacial score (nSPS) is 18.3. The largest absolute Gasteiger partial charge is 0.450 e. The first-order valence-electron chi connectivity index (χ1n) is 11.3. The molecule has 0 saturated heterocycles. The summed E-state index contributed by atoms with van der Waals surface area (Å²) in [6.07, 6.45) is 3.14. The van der Waals surface area contributed by atoms with Crippen LogP contribution < -0.4 is 10.6 Å². The summed E-state index contributed by atoms with van der Waals surface area (Å²) in [5.74, 6) is -0.983. The predicted molar refractivity (Wildman–Crippen MR) is 128 cm³/mol. The summed E-state index contributed by atoms with van der Waals surface area (Å²) in [5.41, 5.74) is 0.872. The van der Waals surface area contributed by atoms with Crippen molar-refractivity contribution in [3.8, 4) is 0 Å². The molecule has 182 valence electrons. The molecular formula is C25H28ClF2N3O3. The Morgan fingerprint density at radius 3 is 2.50 bits per heavy atom. The first-order chi connectivity index (χ1) is 16.2. The minimum absolute atomic E-state index is 0.0304. The van der Waals surface area contributed by atoms with E-state index in [4.69, 9.17) is 16.3 Å². The molecule has 0 spiro atoms. The lowest BCUT2D eigenvalue weighted by Crippen LogP contribution is -2.39. The van der Waals surface area contributed by atoms with E-state index in [1.54, 1.807) is 13.8 Å². The molecule has 0 radical (unpaired) electrons. The van der Waals surface area contributed by atoms with Crippen LogP contribution in [0.15, 0.2) is 41.4 Å². The molecule has 2 N–H and O–H groups in total. The quantitative estimate of drug-likeness (QED) is 0.379. The number of amides is 2. The number of aliphatic imine (C=N–C) groups is 1. The van der Waals surface area contributed by atoms with E-state index in [1.807, 2.05) is 0 Å². The third-order valence-corrected chi connectivity index (χ3v) is 5.95. The molecule has 0 aliphatic heterocycles. The van der Waals surface area contributed by atoms with E-state index in [0.29, 0.717) is 24.4 Å². The zero-order valence-corrected chi connectivity index (χ0v) is 19.9. The van der Waals surface area contributed by atoms with Gasteiger partial charge < -0.3 is 15.4 Å². The third-order valence-electron chi connectivity index (χ3n) is 5.73. The predicted octanol–water partition coefficient (Wildman–Crippen LogP) is 6.08.